The summed E-state index contributed by atoms with van der Waals surface area (Å²) in [6.45, 7) is 4.19. The number of rotatable bonds is 3. The molecular weight excluding hydrogens is 264 g/mol. The zero-order chi connectivity index (χ0) is 14.1. The van der Waals surface area contributed by atoms with Crippen molar-refractivity contribution in [3.05, 3.63) is 59.7 Å². The van der Waals surface area contributed by atoms with E-state index in [1.807, 2.05) is 13.0 Å². The number of benzene rings is 2. The monoisotopic (exact) mass is 282 g/mol. The van der Waals surface area contributed by atoms with Crippen molar-refractivity contribution < 1.29 is 0 Å². The summed E-state index contributed by atoms with van der Waals surface area (Å²) in [7, 11) is 0. The van der Waals surface area contributed by atoms with E-state index in [0.29, 0.717) is 0 Å². The van der Waals surface area contributed by atoms with Gasteiger partial charge in [-0.05, 0) is 37.1 Å². The minimum absolute atomic E-state index is 0.0448. The molecule has 3 N–H and O–H groups in total. The number of para-hydroxylation sites is 1. The third-order valence-corrected chi connectivity index (χ3v) is 4.75. The lowest BCUT2D eigenvalue weighted by Crippen LogP contribution is -2.06. The highest BCUT2D eigenvalue weighted by atomic mass is 32.2. The molecule has 3 rings (SSSR count). The van der Waals surface area contributed by atoms with E-state index in [9.17, 15) is 0 Å². The molecule has 1 heterocycles. The molecule has 1 unspecified atom stereocenters. The van der Waals surface area contributed by atoms with E-state index in [4.69, 9.17) is 5.73 Å². The molecule has 2 nitrogen and oxygen atoms in total. The molecule has 2 aromatic carbocycles. The minimum Gasteiger partial charge on any atom is -0.349 e. The van der Waals surface area contributed by atoms with Crippen LogP contribution < -0.4 is 5.73 Å². The van der Waals surface area contributed by atoms with Gasteiger partial charge in [-0.15, -0.1) is 0 Å². The van der Waals surface area contributed by atoms with Crippen LogP contribution in [0.2, 0.25) is 0 Å². The fraction of sp³-hybridized carbons (Fsp3) is 0.176. The molecule has 1 aromatic heterocycles. The Morgan fingerprint density at radius 1 is 1.05 bits per heavy atom. The molecule has 3 aromatic rings. The number of aromatic amines is 1. The van der Waals surface area contributed by atoms with Crippen molar-refractivity contribution in [2.75, 3.05) is 0 Å². The molecule has 1 atom stereocenters. The number of fused-ring (bicyclic) bond motifs is 1. The Balaban J connectivity index is 2.04. The maximum Gasteiger partial charge on any atom is 0.0810 e. The van der Waals surface area contributed by atoms with Crippen LogP contribution in [0.1, 0.15) is 24.1 Å². The number of H-pyrrole nitrogens is 1. The fourth-order valence-electron chi connectivity index (χ4n) is 2.42. The van der Waals surface area contributed by atoms with E-state index in [1.54, 1.807) is 11.8 Å². The minimum atomic E-state index is 0.0448. The summed E-state index contributed by atoms with van der Waals surface area (Å²) in [6.07, 6.45) is 0. The summed E-state index contributed by atoms with van der Waals surface area (Å²) in [5.74, 6) is 0. The SMILES string of the molecule is Cc1c(Sc2ccccc2C(C)N)[nH]c2ccccc12. The first-order chi connectivity index (χ1) is 9.66. The maximum atomic E-state index is 6.06. The van der Waals surface area contributed by atoms with Crippen LogP contribution in [0.25, 0.3) is 10.9 Å². The first-order valence-corrected chi connectivity index (χ1v) is 7.58. The van der Waals surface area contributed by atoms with Gasteiger partial charge in [0.05, 0.1) is 5.03 Å². The Bertz CT molecular complexity index is 744. The molecule has 0 amide bonds. The van der Waals surface area contributed by atoms with Crippen molar-refractivity contribution in [3.63, 3.8) is 0 Å². The third kappa shape index (κ3) is 2.35. The molecule has 0 saturated heterocycles. The van der Waals surface area contributed by atoms with Gasteiger partial charge < -0.3 is 10.7 Å². The summed E-state index contributed by atoms with van der Waals surface area (Å²) in [6, 6.07) is 16.8. The molecule has 102 valence electrons. The van der Waals surface area contributed by atoms with Crippen LogP contribution in [-0.2, 0) is 0 Å². The first kappa shape index (κ1) is 13.3. The molecule has 0 fully saturated rings. The Morgan fingerprint density at radius 3 is 2.50 bits per heavy atom. The Hall–Kier alpha value is -1.71. The van der Waals surface area contributed by atoms with Gasteiger partial charge in [-0.2, -0.15) is 0 Å². The lowest BCUT2D eigenvalue weighted by Gasteiger charge is -2.11. The van der Waals surface area contributed by atoms with E-state index in [1.165, 1.54) is 32.0 Å². The van der Waals surface area contributed by atoms with Gasteiger partial charge in [0.1, 0.15) is 0 Å². The van der Waals surface area contributed by atoms with Crippen LogP contribution in [0.15, 0.2) is 58.5 Å². The van der Waals surface area contributed by atoms with Gasteiger partial charge in [-0.1, -0.05) is 48.2 Å². The average Bonchev–Trinajstić information content (AvgIpc) is 2.76. The zero-order valence-electron chi connectivity index (χ0n) is 11.7. The quantitative estimate of drug-likeness (QED) is 0.734. The number of nitrogens with two attached hydrogens (primary N) is 1. The zero-order valence-corrected chi connectivity index (χ0v) is 12.5. The summed E-state index contributed by atoms with van der Waals surface area (Å²) in [5.41, 5.74) is 9.73. The van der Waals surface area contributed by atoms with Crippen molar-refractivity contribution in [1.82, 2.24) is 4.98 Å². The summed E-state index contributed by atoms with van der Waals surface area (Å²) < 4.78 is 0. The molecule has 0 radical (unpaired) electrons. The van der Waals surface area contributed by atoms with Gasteiger partial charge in [0.25, 0.3) is 0 Å². The summed E-state index contributed by atoms with van der Waals surface area (Å²) in [5, 5.41) is 2.48. The number of aromatic nitrogens is 1. The van der Waals surface area contributed by atoms with Crippen molar-refractivity contribution in [1.29, 1.82) is 0 Å². The van der Waals surface area contributed by atoms with Crippen LogP contribution in [0, 0.1) is 6.92 Å². The van der Waals surface area contributed by atoms with E-state index in [0.717, 1.165) is 0 Å². The Morgan fingerprint density at radius 2 is 1.75 bits per heavy atom. The predicted octanol–water partition coefficient (Wildman–Crippen LogP) is 4.65. The highest BCUT2D eigenvalue weighted by molar-refractivity contribution is 7.99. The smallest absolute Gasteiger partial charge is 0.0810 e. The molecule has 0 spiro atoms. The lowest BCUT2D eigenvalue weighted by atomic mass is 10.1. The maximum absolute atomic E-state index is 6.06. The van der Waals surface area contributed by atoms with Gasteiger partial charge in [0.2, 0.25) is 0 Å². The van der Waals surface area contributed by atoms with Gasteiger partial charge in [-0.3, -0.25) is 0 Å². The van der Waals surface area contributed by atoms with Gasteiger partial charge in [0, 0.05) is 21.8 Å². The predicted molar refractivity (Wildman–Crippen MR) is 86.2 cm³/mol. The second-order valence-electron chi connectivity index (χ2n) is 5.05. The van der Waals surface area contributed by atoms with Gasteiger partial charge >= 0.3 is 0 Å². The van der Waals surface area contributed by atoms with Crippen LogP contribution in [0.5, 0.6) is 0 Å². The lowest BCUT2D eigenvalue weighted by molar-refractivity contribution is 0.797. The second-order valence-corrected chi connectivity index (χ2v) is 6.11. The molecule has 0 aliphatic rings. The topological polar surface area (TPSA) is 41.8 Å². The average molecular weight is 282 g/mol. The molecular formula is C17H18N2S. The number of nitrogens with one attached hydrogen (secondary N) is 1. The van der Waals surface area contributed by atoms with Gasteiger partial charge in [-0.25, -0.2) is 0 Å². The second kappa shape index (κ2) is 5.35. The van der Waals surface area contributed by atoms with Crippen molar-refractivity contribution in [2.45, 2.75) is 29.8 Å². The molecule has 0 saturated carbocycles. The number of hydrogen-bond acceptors (Lipinski definition) is 2. The first-order valence-electron chi connectivity index (χ1n) is 6.76. The van der Waals surface area contributed by atoms with Crippen LogP contribution in [-0.4, -0.2) is 4.98 Å². The van der Waals surface area contributed by atoms with E-state index >= 15 is 0 Å². The van der Waals surface area contributed by atoms with Gasteiger partial charge in [0.15, 0.2) is 0 Å². The Kier molecular flexibility index (Phi) is 3.55. The molecule has 3 heteroatoms. The van der Waals surface area contributed by atoms with Crippen LogP contribution in [0.3, 0.4) is 0 Å². The van der Waals surface area contributed by atoms with E-state index in [-0.39, 0.29) is 6.04 Å². The highest BCUT2D eigenvalue weighted by Gasteiger charge is 2.12. The van der Waals surface area contributed by atoms with Crippen molar-refractivity contribution in [2.24, 2.45) is 5.73 Å². The summed E-state index contributed by atoms with van der Waals surface area (Å²) >= 11 is 1.76. The van der Waals surface area contributed by atoms with Crippen molar-refractivity contribution >= 4 is 22.7 Å². The Labute approximate surface area is 123 Å². The van der Waals surface area contributed by atoms with E-state index < -0.39 is 0 Å². The molecule has 20 heavy (non-hydrogen) atoms. The fourth-order valence-corrected chi connectivity index (χ4v) is 3.58. The van der Waals surface area contributed by atoms with E-state index in [2.05, 4.69) is 54.4 Å². The van der Waals surface area contributed by atoms with Crippen molar-refractivity contribution in [3.8, 4) is 0 Å². The molecule has 0 bridgehead atoms. The largest absolute Gasteiger partial charge is 0.349 e. The third-order valence-electron chi connectivity index (χ3n) is 3.54. The van der Waals surface area contributed by atoms with Crippen LogP contribution in [0.4, 0.5) is 0 Å². The van der Waals surface area contributed by atoms with Crippen LogP contribution >= 0.6 is 11.8 Å². The normalized spacial score (nSPS) is 12.8. The number of aryl methyl sites for hydroxylation is 1. The number of hydrogen-bond donors (Lipinski definition) is 2. The highest BCUT2D eigenvalue weighted by Crippen LogP contribution is 2.36. The summed E-state index contributed by atoms with van der Waals surface area (Å²) in [4.78, 5) is 4.72. The standard InChI is InChI=1S/C17H18N2S/c1-11-13-7-3-5-9-15(13)19-17(11)20-16-10-6-4-8-14(16)12(2)18/h3-10,12,19H,18H2,1-2H3. The molecule has 0 aliphatic carbocycles. The molecule has 0 aliphatic heterocycles.